The maximum absolute atomic E-state index is 13.3. The summed E-state index contributed by atoms with van der Waals surface area (Å²) in [5, 5.41) is 11.2. The molecule has 0 bridgehead atoms. The fraction of sp³-hybridized carbons (Fsp3) is 0.421. The Morgan fingerprint density at radius 1 is 1.30 bits per heavy atom. The summed E-state index contributed by atoms with van der Waals surface area (Å²) >= 11 is 0. The molecule has 142 valence electrons. The number of hydrogen-bond donors (Lipinski definition) is 2. The molecule has 6 nitrogen and oxygen atoms in total. The lowest BCUT2D eigenvalue weighted by Crippen LogP contribution is -2.44. The van der Waals surface area contributed by atoms with E-state index in [1.54, 1.807) is 10.9 Å². The number of nitrogens with one attached hydrogen (secondary N) is 2. The maximum Gasteiger partial charge on any atom is 0.272 e. The van der Waals surface area contributed by atoms with E-state index in [0.29, 0.717) is 12.3 Å². The van der Waals surface area contributed by atoms with Crippen LogP contribution < -0.4 is 10.7 Å². The molecule has 1 aliphatic heterocycles. The predicted octanol–water partition coefficient (Wildman–Crippen LogP) is 2.59. The van der Waals surface area contributed by atoms with Crippen LogP contribution >= 0.6 is 0 Å². The predicted molar refractivity (Wildman–Crippen MR) is 97.4 cm³/mol. The zero-order chi connectivity index (χ0) is 19.0. The van der Waals surface area contributed by atoms with Crippen molar-refractivity contribution in [2.24, 2.45) is 12.1 Å². The van der Waals surface area contributed by atoms with Crippen molar-refractivity contribution in [1.29, 1.82) is 0 Å². The molecule has 2 aliphatic rings. The van der Waals surface area contributed by atoms with Crippen LogP contribution in [-0.2, 0) is 18.4 Å². The molecule has 1 saturated carbocycles. The van der Waals surface area contributed by atoms with Crippen LogP contribution in [0.25, 0.3) is 11.1 Å². The molecule has 0 spiro atoms. The standard InChI is InChI=1S/C19H21F2N5O/c1-26-11-14(10-23-26)12-2-3-13-9-22-25-17(16(13)8-12)18(27)24-15-4-6-19(20,21)7-5-15/h2-3,8,10-11,15,22H,4-7,9H2,1H3,(H,24,27). The monoisotopic (exact) mass is 373 g/mol. The van der Waals surface area contributed by atoms with Crippen LogP contribution in [0.15, 0.2) is 35.7 Å². The summed E-state index contributed by atoms with van der Waals surface area (Å²) in [6.45, 7) is 0.537. The number of hydrogen-bond acceptors (Lipinski definition) is 4. The molecule has 1 aromatic carbocycles. The van der Waals surface area contributed by atoms with Gasteiger partial charge in [-0.3, -0.25) is 9.48 Å². The van der Waals surface area contributed by atoms with E-state index in [0.717, 1.165) is 22.3 Å². The smallest absolute Gasteiger partial charge is 0.272 e. The Labute approximate surface area is 155 Å². The van der Waals surface area contributed by atoms with Crippen LogP contribution in [0.4, 0.5) is 8.78 Å². The van der Waals surface area contributed by atoms with Gasteiger partial charge in [0, 0.05) is 43.3 Å². The number of aromatic nitrogens is 2. The first-order valence-electron chi connectivity index (χ1n) is 9.03. The van der Waals surface area contributed by atoms with E-state index in [1.807, 2.05) is 31.4 Å². The first kappa shape index (κ1) is 17.6. The van der Waals surface area contributed by atoms with Gasteiger partial charge < -0.3 is 10.7 Å². The van der Waals surface area contributed by atoms with Crippen LogP contribution in [0.5, 0.6) is 0 Å². The molecule has 0 radical (unpaired) electrons. The van der Waals surface area contributed by atoms with Gasteiger partial charge in [0.05, 0.1) is 12.7 Å². The fourth-order valence-electron chi connectivity index (χ4n) is 3.58. The van der Waals surface area contributed by atoms with Gasteiger partial charge in [-0.25, -0.2) is 8.78 Å². The third kappa shape index (κ3) is 3.70. The molecule has 2 N–H and O–H groups in total. The van der Waals surface area contributed by atoms with Crippen molar-refractivity contribution in [3.05, 3.63) is 41.7 Å². The van der Waals surface area contributed by atoms with Crippen molar-refractivity contribution >= 4 is 11.6 Å². The summed E-state index contributed by atoms with van der Waals surface area (Å²) in [5.74, 6) is -2.95. The maximum atomic E-state index is 13.3. The minimum atomic E-state index is -2.61. The number of benzene rings is 1. The molecular formula is C19H21F2N5O. The third-order valence-corrected chi connectivity index (χ3v) is 5.13. The molecule has 8 heteroatoms. The number of amides is 1. The van der Waals surface area contributed by atoms with Crippen LogP contribution in [0.1, 0.15) is 36.8 Å². The molecule has 0 atom stereocenters. The second kappa shape index (κ2) is 6.75. The number of fused-ring (bicyclic) bond motifs is 1. The van der Waals surface area contributed by atoms with Crippen LogP contribution in [0, 0.1) is 0 Å². The molecule has 2 aromatic rings. The van der Waals surface area contributed by atoms with Crippen molar-refractivity contribution in [2.75, 3.05) is 0 Å². The van der Waals surface area contributed by atoms with Gasteiger partial charge in [0.25, 0.3) is 5.91 Å². The van der Waals surface area contributed by atoms with E-state index >= 15 is 0 Å². The number of rotatable bonds is 3. The van der Waals surface area contributed by atoms with Gasteiger partial charge in [0.15, 0.2) is 5.71 Å². The van der Waals surface area contributed by atoms with E-state index in [-0.39, 0.29) is 37.6 Å². The van der Waals surface area contributed by atoms with Crippen LogP contribution in [-0.4, -0.2) is 33.4 Å². The topological polar surface area (TPSA) is 71.3 Å². The Kier molecular flexibility index (Phi) is 4.41. The highest BCUT2D eigenvalue weighted by atomic mass is 19.3. The zero-order valence-electron chi connectivity index (χ0n) is 15.0. The van der Waals surface area contributed by atoms with Gasteiger partial charge in [-0.05, 0) is 30.0 Å². The van der Waals surface area contributed by atoms with Crippen molar-refractivity contribution < 1.29 is 13.6 Å². The highest BCUT2D eigenvalue weighted by Crippen LogP contribution is 2.33. The minimum Gasteiger partial charge on any atom is -0.348 e. The number of hydrazone groups is 1. The van der Waals surface area contributed by atoms with Gasteiger partial charge in [0.2, 0.25) is 5.92 Å². The Hall–Kier alpha value is -2.77. The fourth-order valence-corrected chi connectivity index (χ4v) is 3.58. The van der Waals surface area contributed by atoms with Gasteiger partial charge >= 0.3 is 0 Å². The normalized spacial score (nSPS) is 19.0. The minimum absolute atomic E-state index is 0.190. The van der Waals surface area contributed by atoms with Crippen molar-refractivity contribution in [3.8, 4) is 11.1 Å². The quantitative estimate of drug-likeness (QED) is 0.869. The zero-order valence-corrected chi connectivity index (χ0v) is 15.0. The van der Waals surface area contributed by atoms with Crippen LogP contribution in [0.3, 0.4) is 0 Å². The average Bonchev–Trinajstić information content (AvgIpc) is 3.09. The first-order chi connectivity index (χ1) is 12.9. The largest absolute Gasteiger partial charge is 0.348 e. The summed E-state index contributed by atoms with van der Waals surface area (Å²) in [6, 6.07) is 5.64. The van der Waals surface area contributed by atoms with Crippen molar-refractivity contribution in [3.63, 3.8) is 0 Å². The highest BCUT2D eigenvalue weighted by Gasteiger charge is 2.36. The summed E-state index contributed by atoms with van der Waals surface area (Å²) in [5.41, 5.74) is 6.79. The van der Waals surface area contributed by atoms with Gasteiger partial charge in [-0.2, -0.15) is 10.2 Å². The molecule has 2 heterocycles. The Balaban J connectivity index is 1.54. The molecule has 0 saturated heterocycles. The van der Waals surface area contributed by atoms with E-state index in [4.69, 9.17) is 0 Å². The van der Waals surface area contributed by atoms with Gasteiger partial charge in [-0.1, -0.05) is 12.1 Å². The lowest BCUT2D eigenvalue weighted by atomic mass is 9.91. The van der Waals surface area contributed by atoms with Crippen LogP contribution in [0.2, 0.25) is 0 Å². The molecule has 1 aromatic heterocycles. The summed E-state index contributed by atoms with van der Waals surface area (Å²) in [7, 11) is 1.85. The Morgan fingerprint density at radius 2 is 2.07 bits per heavy atom. The first-order valence-corrected chi connectivity index (χ1v) is 9.03. The molecular weight excluding hydrogens is 352 g/mol. The lowest BCUT2D eigenvalue weighted by Gasteiger charge is -2.29. The molecule has 4 rings (SSSR count). The van der Waals surface area contributed by atoms with E-state index < -0.39 is 5.92 Å². The number of carbonyl (C=O) groups excluding carboxylic acids is 1. The van der Waals surface area contributed by atoms with Crippen molar-refractivity contribution in [2.45, 2.75) is 44.2 Å². The van der Waals surface area contributed by atoms with E-state index in [2.05, 4.69) is 20.9 Å². The summed E-state index contributed by atoms with van der Waals surface area (Å²) in [4.78, 5) is 12.8. The molecule has 1 amide bonds. The van der Waals surface area contributed by atoms with Gasteiger partial charge in [-0.15, -0.1) is 0 Å². The molecule has 1 aliphatic carbocycles. The number of nitrogens with zero attached hydrogens (tertiary/aromatic N) is 3. The Morgan fingerprint density at radius 3 is 2.78 bits per heavy atom. The van der Waals surface area contributed by atoms with E-state index in [1.165, 1.54) is 0 Å². The summed E-state index contributed by atoms with van der Waals surface area (Å²) in [6.07, 6.45) is 3.85. The van der Waals surface area contributed by atoms with Crippen molar-refractivity contribution in [1.82, 2.24) is 20.5 Å². The number of carbonyl (C=O) groups is 1. The molecule has 1 fully saturated rings. The number of halogens is 2. The molecule has 27 heavy (non-hydrogen) atoms. The SMILES string of the molecule is Cn1cc(-c2ccc3c(c2)C(C(=O)NC2CCC(F)(F)CC2)=NNC3)cn1. The number of alkyl halides is 2. The molecule has 0 unspecified atom stereocenters. The van der Waals surface area contributed by atoms with Gasteiger partial charge in [0.1, 0.15) is 0 Å². The second-order valence-electron chi connectivity index (χ2n) is 7.17. The third-order valence-electron chi connectivity index (χ3n) is 5.13. The summed E-state index contributed by atoms with van der Waals surface area (Å²) < 4.78 is 28.4. The highest BCUT2D eigenvalue weighted by molar-refractivity contribution is 6.46. The van der Waals surface area contributed by atoms with E-state index in [9.17, 15) is 13.6 Å². The average molecular weight is 373 g/mol. The number of aryl methyl sites for hydroxylation is 1. The second-order valence-corrected chi connectivity index (χ2v) is 7.17. The lowest BCUT2D eigenvalue weighted by molar-refractivity contribution is -0.116. The Bertz CT molecular complexity index is 895.